The van der Waals surface area contributed by atoms with Crippen LogP contribution in [0.2, 0.25) is 0 Å². The van der Waals surface area contributed by atoms with E-state index in [0.29, 0.717) is 0 Å². The average molecular weight is 306 g/mol. The summed E-state index contributed by atoms with van der Waals surface area (Å²) in [6.07, 6.45) is 4.54. The lowest BCUT2D eigenvalue weighted by atomic mass is 10.1. The summed E-state index contributed by atoms with van der Waals surface area (Å²) in [7, 11) is 0. The second-order valence-electron chi connectivity index (χ2n) is 5.43. The van der Waals surface area contributed by atoms with E-state index in [9.17, 15) is 4.39 Å². The van der Waals surface area contributed by atoms with E-state index < -0.39 is 0 Å². The van der Waals surface area contributed by atoms with Crippen LogP contribution in [0.15, 0.2) is 28.3 Å². The highest BCUT2D eigenvalue weighted by Gasteiger charge is 2.17. The maximum absolute atomic E-state index is 13.4. The van der Waals surface area contributed by atoms with Gasteiger partial charge in [-0.25, -0.2) is 4.39 Å². The van der Waals surface area contributed by atoms with Gasteiger partial charge in [0.1, 0.15) is 11.6 Å². The SMILES string of the molecule is C[C@@H](N)c1cc(F)ccc1Sc1nnc2n1CCCCC2. The maximum atomic E-state index is 13.4. The normalized spacial score (nSPS) is 16.3. The van der Waals surface area contributed by atoms with Crippen molar-refractivity contribution in [3.8, 4) is 0 Å². The average Bonchev–Trinajstić information content (AvgIpc) is 2.69. The van der Waals surface area contributed by atoms with Gasteiger partial charge in [0.05, 0.1) is 0 Å². The van der Waals surface area contributed by atoms with Crippen molar-refractivity contribution in [2.24, 2.45) is 5.73 Å². The molecule has 0 radical (unpaired) electrons. The fraction of sp³-hybridized carbons (Fsp3) is 0.467. The molecule has 1 aromatic carbocycles. The molecule has 2 heterocycles. The number of aromatic nitrogens is 3. The van der Waals surface area contributed by atoms with Crippen molar-refractivity contribution in [3.05, 3.63) is 35.4 Å². The summed E-state index contributed by atoms with van der Waals surface area (Å²) in [5, 5.41) is 9.47. The Kier molecular flexibility index (Phi) is 4.26. The number of aryl methyl sites for hydroxylation is 1. The molecule has 0 bridgehead atoms. The van der Waals surface area contributed by atoms with Gasteiger partial charge in [-0.2, -0.15) is 0 Å². The molecule has 1 aliphatic rings. The van der Waals surface area contributed by atoms with E-state index in [1.165, 1.54) is 36.7 Å². The molecule has 21 heavy (non-hydrogen) atoms. The van der Waals surface area contributed by atoms with Crippen LogP contribution < -0.4 is 5.73 Å². The largest absolute Gasteiger partial charge is 0.324 e. The number of hydrogen-bond acceptors (Lipinski definition) is 4. The first-order valence-corrected chi connectivity index (χ1v) is 8.12. The Morgan fingerprint density at radius 1 is 1.29 bits per heavy atom. The summed E-state index contributed by atoms with van der Waals surface area (Å²) in [5.41, 5.74) is 6.76. The van der Waals surface area contributed by atoms with Crippen molar-refractivity contribution in [2.45, 2.75) is 55.2 Å². The molecule has 0 aliphatic carbocycles. The quantitative estimate of drug-likeness (QED) is 0.945. The fourth-order valence-electron chi connectivity index (χ4n) is 2.60. The molecule has 4 nitrogen and oxygen atoms in total. The predicted molar refractivity (Wildman–Crippen MR) is 80.7 cm³/mol. The Hall–Kier alpha value is -1.40. The third-order valence-electron chi connectivity index (χ3n) is 3.74. The standard InChI is InChI=1S/C15H19FN4S/c1-10(17)12-9-11(16)6-7-13(12)21-15-19-18-14-5-3-2-4-8-20(14)15/h6-7,9-10H,2-5,8,17H2,1H3/t10-/m1/s1. The van der Waals surface area contributed by atoms with Crippen LogP contribution in [0.5, 0.6) is 0 Å². The van der Waals surface area contributed by atoms with Gasteiger partial charge >= 0.3 is 0 Å². The lowest BCUT2D eigenvalue weighted by Crippen LogP contribution is -2.07. The topological polar surface area (TPSA) is 56.7 Å². The highest BCUT2D eigenvalue weighted by atomic mass is 32.2. The Morgan fingerprint density at radius 2 is 2.14 bits per heavy atom. The van der Waals surface area contributed by atoms with Gasteiger partial charge in [0.25, 0.3) is 0 Å². The summed E-state index contributed by atoms with van der Waals surface area (Å²) in [5.74, 6) is 0.797. The zero-order chi connectivity index (χ0) is 14.8. The molecule has 2 N–H and O–H groups in total. The zero-order valence-electron chi connectivity index (χ0n) is 12.1. The van der Waals surface area contributed by atoms with Gasteiger partial charge in [0, 0.05) is 23.9 Å². The number of fused-ring (bicyclic) bond motifs is 1. The van der Waals surface area contributed by atoms with E-state index in [2.05, 4.69) is 14.8 Å². The second-order valence-corrected chi connectivity index (χ2v) is 6.44. The summed E-state index contributed by atoms with van der Waals surface area (Å²) < 4.78 is 15.6. The first-order valence-electron chi connectivity index (χ1n) is 7.30. The molecule has 0 fully saturated rings. The highest BCUT2D eigenvalue weighted by molar-refractivity contribution is 7.99. The molecule has 0 saturated carbocycles. The van der Waals surface area contributed by atoms with E-state index in [4.69, 9.17) is 5.73 Å². The van der Waals surface area contributed by atoms with Gasteiger partial charge in [-0.1, -0.05) is 6.42 Å². The van der Waals surface area contributed by atoms with Crippen molar-refractivity contribution in [3.63, 3.8) is 0 Å². The smallest absolute Gasteiger partial charge is 0.196 e. The van der Waals surface area contributed by atoms with Crippen LogP contribution in [0.4, 0.5) is 4.39 Å². The molecule has 0 saturated heterocycles. The number of rotatable bonds is 3. The fourth-order valence-corrected chi connectivity index (χ4v) is 3.68. The van der Waals surface area contributed by atoms with Crippen molar-refractivity contribution in [1.82, 2.24) is 14.8 Å². The third kappa shape index (κ3) is 3.11. The molecule has 6 heteroatoms. The van der Waals surface area contributed by atoms with Gasteiger partial charge in [0.2, 0.25) is 0 Å². The molecule has 3 rings (SSSR count). The predicted octanol–water partition coefficient (Wildman–Crippen LogP) is 3.31. The molecular formula is C15H19FN4S. The lowest BCUT2D eigenvalue weighted by molar-refractivity contribution is 0.590. The summed E-state index contributed by atoms with van der Waals surface area (Å²) in [6, 6.07) is 4.53. The first-order chi connectivity index (χ1) is 10.1. The summed E-state index contributed by atoms with van der Waals surface area (Å²) in [6.45, 7) is 2.82. The minimum atomic E-state index is -0.258. The monoisotopic (exact) mass is 306 g/mol. The highest BCUT2D eigenvalue weighted by Crippen LogP contribution is 2.33. The lowest BCUT2D eigenvalue weighted by Gasteiger charge is -2.13. The molecule has 1 aliphatic heterocycles. The Morgan fingerprint density at radius 3 is 2.95 bits per heavy atom. The zero-order valence-corrected chi connectivity index (χ0v) is 12.9. The number of nitrogens with two attached hydrogens (primary N) is 1. The maximum Gasteiger partial charge on any atom is 0.196 e. The Balaban J connectivity index is 1.92. The van der Waals surface area contributed by atoms with Gasteiger partial charge < -0.3 is 10.3 Å². The van der Waals surface area contributed by atoms with Crippen molar-refractivity contribution >= 4 is 11.8 Å². The Bertz CT molecular complexity index is 639. The molecule has 1 atom stereocenters. The van der Waals surface area contributed by atoms with E-state index in [1.54, 1.807) is 6.07 Å². The number of hydrogen-bond donors (Lipinski definition) is 1. The van der Waals surface area contributed by atoms with Crippen LogP contribution in [0.1, 0.15) is 43.6 Å². The van der Waals surface area contributed by atoms with Crippen LogP contribution in [0, 0.1) is 5.82 Å². The Labute approximate surface area is 127 Å². The molecule has 0 amide bonds. The minimum absolute atomic E-state index is 0.213. The number of nitrogens with zero attached hydrogens (tertiary/aromatic N) is 3. The summed E-state index contributed by atoms with van der Waals surface area (Å²) >= 11 is 1.52. The van der Waals surface area contributed by atoms with E-state index in [-0.39, 0.29) is 11.9 Å². The number of benzene rings is 1. The van der Waals surface area contributed by atoms with Crippen molar-refractivity contribution in [2.75, 3.05) is 0 Å². The van der Waals surface area contributed by atoms with Crippen LogP contribution >= 0.6 is 11.8 Å². The van der Waals surface area contributed by atoms with Crippen LogP contribution in [-0.2, 0) is 13.0 Å². The van der Waals surface area contributed by atoms with Gasteiger partial charge in [-0.05, 0) is 55.3 Å². The van der Waals surface area contributed by atoms with E-state index in [1.807, 2.05) is 6.92 Å². The molecule has 112 valence electrons. The van der Waals surface area contributed by atoms with E-state index >= 15 is 0 Å². The van der Waals surface area contributed by atoms with Crippen molar-refractivity contribution in [1.29, 1.82) is 0 Å². The summed E-state index contributed by atoms with van der Waals surface area (Å²) in [4.78, 5) is 0.950. The second kappa shape index (κ2) is 6.15. The van der Waals surface area contributed by atoms with Crippen LogP contribution in [0.3, 0.4) is 0 Å². The number of halogens is 1. The molecule has 0 spiro atoms. The van der Waals surface area contributed by atoms with Gasteiger partial charge in [0.15, 0.2) is 5.16 Å². The molecule has 1 aromatic heterocycles. The van der Waals surface area contributed by atoms with Crippen LogP contribution in [0.25, 0.3) is 0 Å². The molecule has 2 aromatic rings. The van der Waals surface area contributed by atoms with Crippen molar-refractivity contribution < 1.29 is 4.39 Å². The molecule has 0 unspecified atom stereocenters. The first kappa shape index (κ1) is 14.5. The minimum Gasteiger partial charge on any atom is -0.324 e. The van der Waals surface area contributed by atoms with Gasteiger partial charge in [-0.15, -0.1) is 10.2 Å². The third-order valence-corrected chi connectivity index (χ3v) is 4.82. The molecular weight excluding hydrogens is 287 g/mol. The van der Waals surface area contributed by atoms with Crippen LogP contribution in [-0.4, -0.2) is 14.8 Å². The van der Waals surface area contributed by atoms with E-state index in [0.717, 1.165) is 40.8 Å². The van der Waals surface area contributed by atoms with Gasteiger partial charge in [-0.3, -0.25) is 0 Å².